The second-order valence-corrected chi connectivity index (χ2v) is 6.40. The Hall–Kier alpha value is -2.45. The predicted octanol–water partition coefficient (Wildman–Crippen LogP) is 4.36. The van der Waals surface area contributed by atoms with Gasteiger partial charge < -0.3 is 14.5 Å². The second kappa shape index (κ2) is 7.66. The molecule has 2 aromatic heterocycles. The molecule has 0 radical (unpaired) electrons. The van der Waals surface area contributed by atoms with Gasteiger partial charge in [-0.3, -0.25) is 4.79 Å². The van der Waals surface area contributed by atoms with E-state index in [1.807, 2.05) is 0 Å². The van der Waals surface area contributed by atoms with E-state index in [0.29, 0.717) is 22.1 Å². The minimum atomic E-state index is -4.44. The van der Waals surface area contributed by atoms with E-state index in [1.54, 1.807) is 6.07 Å². The topological polar surface area (TPSA) is 55.6 Å². The number of nitrogens with zero attached hydrogens (tertiary/aromatic N) is 2. The Kier molecular flexibility index (Phi) is 5.48. The summed E-state index contributed by atoms with van der Waals surface area (Å²) in [5.41, 5.74) is -0.0279. The van der Waals surface area contributed by atoms with Gasteiger partial charge in [0.2, 0.25) is 0 Å². The molecule has 0 aliphatic rings. The number of imidazole rings is 1. The number of benzene rings is 1. The number of ether oxygens (including phenoxy) is 1. The van der Waals surface area contributed by atoms with Crippen LogP contribution in [-0.4, -0.2) is 21.9 Å². The zero-order valence-corrected chi connectivity index (χ0v) is 15.1. The first-order valence-electron chi connectivity index (χ1n) is 7.62. The minimum Gasteiger partial charge on any atom is -0.482 e. The zero-order chi connectivity index (χ0) is 19.6. The summed E-state index contributed by atoms with van der Waals surface area (Å²) in [6.45, 7) is -0.244. The van der Waals surface area contributed by atoms with E-state index in [0.717, 1.165) is 12.3 Å². The Morgan fingerprint density at radius 3 is 2.67 bits per heavy atom. The van der Waals surface area contributed by atoms with Gasteiger partial charge in [0.05, 0.1) is 22.8 Å². The highest BCUT2D eigenvalue weighted by Crippen LogP contribution is 2.29. The van der Waals surface area contributed by atoms with Crippen LogP contribution in [0.2, 0.25) is 10.0 Å². The summed E-state index contributed by atoms with van der Waals surface area (Å²) in [5, 5.41) is 3.29. The van der Waals surface area contributed by atoms with Crippen molar-refractivity contribution in [3.8, 4) is 5.75 Å². The number of carbonyl (C=O) groups is 1. The third kappa shape index (κ3) is 4.84. The number of hydrogen-bond donors (Lipinski definition) is 1. The number of fused-ring (bicyclic) bond motifs is 1. The van der Waals surface area contributed by atoms with Gasteiger partial charge in [-0.2, -0.15) is 13.2 Å². The van der Waals surface area contributed by atoms with Gasteiger partial charge in [-0.05, 0) is 30.3 Å². The van der Waals surface area contributed by atoms with Gasteiger partial charge >= 0.3 is 6.18 Å². The molecule has 5 nitrogen and oxygen atoms in total. The van der Waals surface area contributed by atoms with Crippen molar-refractivity contribution in [2.75, 3.05) is 6.61 Å². The second-order valence-electron chi connectivity index (χ2n) is 5.55. The number of nitrogens with one attached hydrogen (secondary N) is 1. The van der Waals surface area contributed by atoms with Gasteiger partial charge in [-0.15, -0.1) is 0 Å². The smallest absolute Gasteiger partial charge is 0.417 e. The van der Waals surface area contributed by atoms with Crippen LogP contribution in [0, 0.1) is 0 Å². The fourth-order valence-electron chi connectivity index (χ4n) is 2.27. The fourth-order valence-corrected chi connectivity index (χ4v) is 2.74. The summed E-state index contributed by atoms with van der Waals surface area (Å²) in [7, 11) is 0. The Bertz CT molecular complexity index is 989. The van der Waals surface area contributed by atoms with E-state index < -0.39 is 17.6 Å². The quantitative estimate of drug-likeness (QED) is 0.670. The van der Waals surface area contributed by atoms with E-state index in [9.17, 15) is 18.0 Å². The molecule has 0 saturated heterocycles. The number of alkyl halides is 3. The van der Waals surface area contributed by atoms with Crippen molar-refractivity contribution in [3.63, 3.8) is 0 Å². The van der Waals surface area contributed by atoms with Gasteiger partial charge in [0.25, 0.3) is 5.91 Å². The molecule has 0 bridgehead atoms. The van der Waals surface area contributed by atoms with Crippen LogP contribution in [0.15, 0.2) is 42.7 Å². The van der Waals surface area contributed by atoms with Crippen LogP contribution in [0.3, 0.4) is 0 Å². The van der Waals surface area contributed by atoms with Crippen molar-refractivity contribution in [1.82, 2.24) is 14.7 Å². The van der Waals surface area contributed by atoms with Gasteiger partial charge in [-0.25, -0.2) is 4.98 Å². The molecule has 3 rings (SSSR count). The lowest BCUT2D eigenvalue weighted by molar-refractivity contribution is -0.137. The first kappa shape index (κ1) is 19.3. The lowest BCUT2D eigenvalue weighted by Gasteiger charge is -2.08. The normalized spacial score (nSPS) is 11.6. The summed E-state index contributed by atoms with van der Waals surface area (Å²) in [6, 6.07) is 6.82. The molecule has 0 fully saturated rings. The number of halogens is 5. The molecule has 1 N–H and O–H groups in total. The van der Waals surface area contributed by atoms with E-state index in [2.05, 4.69) is 10.3 Å². The number of pyridine rings is 1. The molecule has 3 aromatic rings. The zero-order valence-electron chi connectivity index (χ0n) is 13.6. The Morgan fingerprint density at radius 1 is 1.19 bits per heavy atom. The third-order valence-corrected chi connectivity index (χ3v) is 4.08. The summed E-state index contributed by atoms with van der Waals surface area (Å²) in [6.07, 6.45) is -2.08. The van der Waals surface area contributed by atoms with Gasteiger partial charge in [0.15, 0.2) is 6.61 Å². The van der Waals surface area contributed by atoms with Crippen molar-refractivity contribution in [1.29, 1.82) is 0 Å². The lowest BCUT2D eigenvalue weighted by Crippen LogP contribution is -2.28. The van der Waals surface area contributed by atoms with Crippen molar-refractivity contribution < 1.29 is 22.7 Å². The third-order valence-electron chi connectivity index (χ3n) is 3.55. The van der Waals surface area contributed by atoms with Crippen molar-refractivity contribution in [2.24, 2.45) is 0 Å². The summed E-state index contributed by atoms with van der Waals surface area (Å²) >= 11 is 11.7. The highest BCUT2D eigenvalue weighted by molar-refractivity contribution is 6.35. The lowest BCUT2D eigenvalue weighted by atomic mass is 10.3. The fraction of sp³-hybridized carbons (Fsp3) is 0.176. The first-order valence-corrected chi connectivity index (χ1v) is 8.37. The number of rotatable bonds is 5. The molecule has 27 heavy (non-hydrogen) atoms. The van der Waals surface area contributed by atoms with Crippen LogP contribution in [0.25, 0.3) is 5.65 Å². The van der Waals surface area contributed by atoms with Gasteiger partial charge in [-0.1, -0.05) is 23.2 Å². The molecular weight excluding hydrogens is 406 g/mol. The maximum absolute atomic E-state index is 12.7. The molecule has 0 unspecified atom stereocenters. The average molecular weight is 418 g/mol. The van der Waals surface area contributed by atoms with Crippen molar-refractivity contribution in [3.05, 3.63) is 64.0 Å². The Morgan fingerprint density at radius 2 is 1.96 bits per heavy atom. The molecule has 142 valence electrons. The van der Waals surface area contributed by atoms with E-state index in [4.69, 9.17) is 27.9 Å². The van der Waals surface area contributed by atoms with E-state index in [1.165, 1.54) is 28.8 Å². The van der Waals surface area contributed by atoms with Crippen LogP contribution in [0.5, 0.6) is 5.75 Å². The summed E-state index contributed by atoms with van der Waals surface area (Å²) in [5.74, 6) is -0.127. The molecule has 2 heterocycles. The summed E-state index contributed by atoms with van der Waals surface area (Å²) in [4.78, 5) is 16.0. The highest BCUT2D eigenvalue weighted by atomic mass is 35.5. The van der Waals surface area contributed by atoms with Crippen molar-refractivity contribution in [2.45, 2.75) is 12.7 Å². The largest absolute Gasteiger partial charge is 0.482 e. The molecular formula is C17H12Cl2F3N3O2. The van der Waals surface area contributed by atoms with Crippen LogP contribution < -0.4 is 10.1 Å². The molecule has 0 saturated carbocycles. The molecule has 0 aliphatic heterocycles. The van der Waals surface area contributed by atoms with Crippen molar-refractivity contribution >= 4 is 34.8 Å². The minimum absolute atomic E-state index is 0.0412. The molecule has 0 aliphatic carbocycles. The number of amides is 1. The molecule has 1 amide bonds. The van der Waals surface area contributed by atoms with Gasteiger partial charge in [0.1, 0.15) is 11.4 Å². The number of carbonyl (C=O) groups excluding carboxylic acids is 1. The Balaban J connectivity index is 1.58. The maximum Gasteiger partial charge on any atom is 0.417 e. The van der Waals surface area contributed by atoms with Crippen LogP contribution in [0.1, 0.15) is 11.3 Å². The molecule has 10 heteroatoms. The molecule has 0 spiro atoms. The monoisotopic (exact) mass is 417 g/mol. The number of hydrogen-bond acceptors (Lipinski definition) is 3. The summed E-state index contributed by atoms with van der Waals surface area (Å²) < 4.78 is 44.8. The molecule has 1 aromatic carbocycles. The Labute approximate surface area is 161 Å². The van der Waals surface area contributed by atoms with Crippen LogP contribution in [0.4, 0.5) is 13.2 Å². The maximum atomic E-state index is 12.7. The highest BCUT2D eigenvalue weighted by Gasteiger charge is 2.30. The average Bonchev–Trinajstić information content (AvgIpc) is 3.00. The number of aromatic nitrogens is 2. The SMILES string of the molecule is O=C(COc1ccc(Cl)cc1Cl)NCc1cn2cc(C(F)(F)F)ccc2n1. The van der Waals surface area contributed by atoms with Gasteiger partial charge in [0, 0.05) is 17.4 Å². The van der Waals surface area contributed by atoms with E-state index >= 15 is 0 Å². The first-order chi connectivity index (χ1) is 12.7. The predicted molar refractivity (Wildman–Crippen MR) is 94.0 cm³/mol. The standard InChI is InChI=1S/C17H12Cl2F3N3O2/c18-11-2-3-14(13(19)5-11)27-9-16(26)23-6-12-8-25-7-10(17(20,21)22)1-4-15(25)24-12/h1-5,7-8H,6,9H2,(H,23,26). The molecule has 0 atom stereocenters. The van der Waals surface area contributed by atoms with E-state index in [-0.39, 0.29) is 18.2 Å². The van der Waals surface area contributed by atoms with Crippen LogP contribution in [-0.2, 0) is 17.5 Å². The van der Waals surface area contributed by atoms with Crippen LogP contribution >= 0.6 is 23.2 Å².